The number of anilines is 1. The molecule has 1 atom stereocenters. The molecule has 1 fully saturated rings. The summed E-state index contributed by atoms with van der Waals surface area (Å²) in [7, 11) is 0. The van der Waals surface area contributed by atoms with E-state index in [1.54, 1.807) is 0 Å². The highest BCUT2D eigenvalue weighted by Gasteiger charge is 2.36. The fraction of sp³-hybridized carbons (Fsp3) is 0.409. The van der Waals surface area contributed by atoms with Crippen LogP contribution in [0.5, 0.6) is 0 Å². The fourth-order valence-electron chi connectivity index (χ4n) is 4.04. The molecule has 0 saturated carbocycles. The molecule has 0 spiro atoms. The van der Waals surface area contributed by atoms with Crippen molar-refractivity contribution in [1.82, 2.24) is 20.2 Å². The van der Waals surface area contributed by atoms with Crippen LogP contribution in [0, 0.1) is 0 Å². The van der Waals surface area contributed by atoms with E-state index in [0.29, 0.717) is 0 Å². The molecule has 0 amide bonds. The number of quaternary nitrogens is 1. The number of hydrogen-bond donors (Lipinski definition) is 1. The lowest BCUT2D eigenvalue weighted by atomic mass is 10.0. The van der Waals surface area contributed by atoms with Gasteiger partial charge in [-0.05, 0) is 43.3 Å². The van der Waals surface area contributed by atoms with Crippen molar-refractivity contribution in [3.05, 3.63) is 72.1 Å². The monoisotopic (exact) mass is 377 g/mol. The highest BCUT2D eigenvalue weighted by molar-refractivity contribution is 5.46. The number of aromatic nitrogens is 4. The third-order valence-electron chi connectivity index (χ3n) is 5.46. The summed E-state index contributed by atoms with van der Waals surface area (Å²) in [5.41, 5.74) is 2.42. The molecule has 2 heterocycles. The fourth-order valence-corrected chi connectivity index (χ4v) is 4.04. The van der Waals surface area contributed by atoms with E-state index in [9.17, 15) is 0 Å². The molecule has 0 aliphatic carbocycles. The van der Waals surface area contributed by atoms with Crippen molar-refractivity contribution in [3.63, 3.8) is 0 Å². The summed E-state index contributed by atoms with van der Waals surface area (Å²) in [5.74, 6) is 0.946. The summed E-state index contributed by atoms with van der Waals surface area (Å²) in [6.07, 6.45) is 0. The minimum absolute atomic E-state index is 0.133. The summed E-state index contributed by atoms with van der Waals surface area (Å²) in [4.78, 5) is 3.98. The molecule has 1 aliphatic heterocycles. The van der Waals surface area contributed by atoms with Crippen LogP contribution in [0.25, 0.3) is 0 Å². The number of nitrogens with zero attached hydrogens (tertiary/aromatic N) is 5. The summed E-state index contributed by atoms with van der Waals surface area (Å²) in [6, 6.07) is 21.5. The van der Waals surface area contributed by atoms with E-state index in [1.807, 2.05) is 4.68 Å². The number of hydrogen-bond acceptors (Lipinski definition) is 4. The highest BCUT2D eigenvalue weighted by Crippen LogP contribution is 2.22. The first-order chi connectivity index (χ1) is 13.5. The number of tetrazole rings is 1. The topological polar surface area (TPSA) is 51.3 Å². The maximum atomic E-state index is 4.48. The standard InChI is InChI=1S/C22H28N6/c1-22(2,3)28-21(23-24-25-28)20(18-10-6-4-7-11-18)27-16-14-26(15-17-27)19-12-8-5-9-13-19/h4-13,20H,14-17H2,1-3H3/p+1/t20-/m1/s1. The van der Waals surface area contributed by atoms with Gasteiger partial charge in [-0.25, -0.2) is 4.68 Å². The first kappa shape index (κ1) is 18.6. The Kier molecular flexibility index (Phi) is 5.13. The summed E-state index contributed by atoms with van der Waals surface area (Å²) in [5, 5.41) is 12.8. The van der Waals surface area contributed by atoms with E-state index in [0.717, 1.165) is 32.0 Å². The molecule has 0 unspecified atom stereocenters. The molecule has 6 heteroatoms. The van der Waals surface area contributed by atoms with E-state index >= 15 is 0 Å². The molecule has 6 nitrogen and oxygen atoms in total. The summed E-state index contributed by atoms with van der Waals surface area (Å²) < 4.78 is 1.99. The Morgan fingerprint density at radius 3 is 2.11 bits per heavy atom. The van der Waals surface area contributed by atoms with Crippen molar-refractivity contribution >= 4 is 5.69 Å². The molecule has 0 radical (unpaired) electrons. The van der Waals surface area contributed by atoms with Crippen LogP contribution >= 0.6 is 0 Å². The molecular formula is C22H29N6+. The molecule has 1 N–H and O–H groups in total. The normalized spacial score (nSPS) is 16.9. The van der Waals surface area contributed by atoms with Crippen molar-refractivity contribution < 1.29 is 4.90 Å². The molecule has 1 aliphatic rings. The first-order valence-corrected chi connectivity index (χ1v) is 10.0. The summed E-state index contributed by atoms with van der Waals surface area (Å²) in [6.45, 7) is 10.6. The van der Waals surface area contributed by atoms with Gasteiger partial charge in [-0.1, -0.05) is 48.5 Å². The molecule has 28 heavy (non-hydrogen) atoms. The lowest BCUT2D eigenvalue weighted by molar-refractivity contribution is -0.927. The molecule has 146 valence electrons. The molecule has 1 aromatic heterocycles. The van der Waals surface area contributed by atoms with E-state index in [2.05, 4.69) is 102 Å². The largest absolute Gasteiger partial charge is 0.360 e. The lowest BCUT2D eigenvalue weighted by Crippen LogP contribution is -3.15. The van der Waals surface area contributed by atoms with Gasteiger partial charge in [0.25, 0.3) is 0 Å². The van der Waals surface area contributed by atoms with Crippen LogP contribution in [0.1, 0.15) is 38.2 Å². The van der Waals surface area contributed by atoms with Gasteiger partial charge in [-0.3, -0.25) is 0 Å². The quantitative estimate of drug-likeness (QED) is 0.755. The zero-order chi connectivity index (χ0) is 19.6. The number of para-hydroxylation sites is 1. The maximum Gasteiger partial charge on any atom is 0.214 e. The molecule has 3 aromatic rings. The van der Waals surface area contributed by atoms with Gasteiger partial charge in [0.1, 0.15) is 0 Å². The Bertz CT molecular complexity index is 876. The van der Waals surface area contributed by atoms with Crippen LogP contribution < -0.4 is 9.80 Å². The average molecular weight is 378 g/mol. The Morgan fingerprint density at radius 2 is 1.50 bits per heavy atom. The van der Waals surface area contributed by atoms with Crippen LogP contribution in [-0.4, -0.2) is 46.4 Å². The highest BCUT2D eigenvalue weighted by atomic mass is 15.6. The minimum atomic E-state index is -0.156. The second kappa shape index (κ2) is 7.72. The van der Waals surface area contributed by atoms with Crippen molar-refractivity contribution in [2.75, 3.05) is 31.1 Å². The zero-order valence-corrected chi connectivity index (χ0v) is 16.9. The Hall–Kier alpha value is -2.73. The molecular weight excluding hydrogens is 348 g/mol. The van der Waals surface area contributed by atoms with Crippen LogP contribution in [0.3, 0.4) is 0 Å². The van der Waals surface area contributed by atoms with Gasteiger partial charge in [0.05, 0.1) is 31.7 Å². The van der Waals surface area contributed by atoms with Crippen LogP contribution in [-0.2, 0) is 5.54 Å². The number of nitrogens with one attached hydrogen (secondary N) is 1. The molecule has 0 bridgehead atoms. The van der Waals surface area contributed by atoms with Crippen molar-refractivity contribution in [3.8, 4) is 0 Å². The van der Waals surface area contributed by atoms with E-state index in [1.165, 1.54) is 16.2 Å². The number of rotatable bonds is 4. The Balaban J connectivity index is 1.62. The minimum Gasteiger partial charge on any atom is -0.360 e. The SMILES string of the molecule is CC(C)(C)n1nnnc1[C@@H](c1ccccc1)[NH+]1CCN(c2ccccc2)CC1. The van der Waals surface area contributed by atoms with Gasteiger partial charge in [-0.15, -0.1) is 5.10 Å². The van der Waals surface area contributed by atoms with Gasteiger partial charge < -0.3 is 9.80 Å². The van der Waals surface area contributed by atoms with E-state index in [4.69, 9.17) is 0 Å². The summed E-state index contributed by atoms with van der Waals surface area (Å²) >= 11 is 0. The zero-order valence-electron chi connectivity index (χ0n) is 16.9. The van der Waals surface area contributed by atoms with Crippen LogP contribution in [0.15, 0.2) is 60.7 Å². The van der Waals surface area contributed by atoms with Crippen LogP contribution in [0.2, 0.25) is 0 Å². The van der Waals surface area contributed by atoms with Crippen molar-refractivity contribution in [2.24, 2.45) is 0 Å². The number of benzene rings is 2. The van der Waals surface area contributed by atoms with E-state index < -0.39 is 0 Å². The van der Waals surface area contributed by atoms with Gasteiger partial charge in [-0.2, -0.15) is 0 Å². The first-order valence-electron chi connectivity index (χ1n) is 10.0. The number of piperazine rings is 1. The second-order valence-corrected chi connectivity index (χ2v) is 8.44. The molecule has 1 saturated heterocycles. The third-order valence-corrected chi connectivity index (χ3v) is 5.46. The maximum absolute atomic E-state index is 4.48. The van der Waals surface area contributed by atoms with Crippen molar-refractivity contribution in [1.29, 1.82) is 0 Å². The second-order valence-electron chi connectivity index (χ2n) is 8.44. The lowest BCUT2D eigenvalue weighted by Gasteiger charge is -2.37. The predicted octanol–water partition coefficient (Wildman–Crippen LogP) is 1.92. The van der Waals surface area contributed by atoms with Gasteiger partial charge in [0, 0.05) is 11.3 Å². The Morgan fingerprint density at radius 1 is 0.893 bits per heavy atom. The van der Waals surface area contributed by atoms with E-state index in [-0.39, 0.29) is 11.6 Å². The van der Waals surface area contributed by atoms with Crippen molar-refractivity contribution in [2.45, 2.75) is 32.4 Å². The molecule has 4 rings (SSSR count). The Labute approximate surface area is 166 Å². The molecule has 2 aromatic carbocycles. The average Bonchev–Trinajstić information content (AvgIpc) is 3.20. The third kappa shape index (κ3) is 3.78. The van der Waals surface area contributed by atoms with Gasteiger partial charge in [0.2, 0.25) is 5.82 Å². The smallest absolute Gasteiger partial charge is 0.214 e. The van der Waals surface area contributed by atoms with Gasteiger partial charge >= 0.3 is 0 Å². The predicted molar refractivity (Wildman–Crippen MR) is 110 cm³/mol. The van der Waals surface area contributed by atoms with Gasteiger partial charge in [0.15, 0.2) is 6.04 Å². The van der Waals surface area contributed by atoms with Crippen LogP contribution in [0.4, 0.5) is 5.69 Å².